The summed E-state index contributed by atoms with van der Waals surface area (Å²) in [7, 11) is -3.79. The van der Waals surface area contributed by atoms with Gasteiger partial charge in [-0.1, -0.05) is 5.16 Å². The Labute approximate surface area is 140 Å². The summed E-state index contributed by atoms with van der Waals surface area (Å²) in [6.07, 6.45) is -0.616. The topological polar surface area (TPSA) is 111 Å². The third kappa shape index (κ3) is 4.98. The van der Waals surface area contributed by atoms with E-state index in [1.54, 1.807) is 27.7 Å². The number of nitrogens with one attached hydrogen (secondary N) is 2. The molecule has 0 saturated heterocycles. The van der Waals surface area contributed by atoms with Gasteiger partial charge in [-0.3, -0.25) is 10.0 Å². The first-order valence-corrected chi connectivity index (χ1v) is 8.60. The van der Waals surface area contributed by atoms with Crippen molar-refractivity contribution < 1.29 is 22.5 Å². The lowest BCUT2D eigenvalue weighted by atomic mass is 10.2. The number of aryl methyl sites for hydroxylation is 1. The van der Waals surface area contributed by atoms with Gasteiger partial charge >= 0.3 is 6.09 Å². The highest BCUT2D eigenvalue weighted by Gasteiger charge is 2.18. The molecule has 0 atom stereocenters. The lowest BCUT2D eigenvalue weighted by molar-refractivity contribution is 0.0636. The number of rotatable bonds is 4. The zero-order valence-electron chi connectivity index (χ0n) is 13.8. The molecule has 0 aliphatic rings. The van der Waals surface area contributed by atoms with Crippen molar-refractivity contribution >= 4 is 27.6 Å². The average Bonchev–Trinajstić information content (AvgIpc) is 2.81. The fourth-order valence-electron chi connectivity index (χ4n) is 1.75. The summed E-state index contributed by atoms with van der Waals surface area (Å²) in [5.41, 5.74) is -0.201. The van der Waals surface area contributed by atoms with E-state index in [1.165, 1.54) is 30.3 Å². The highest BCUT2D eigenvalue weighted by Crippen LogP contribution is 2.18. The van der Waals surface area contributed by atoms with Gasteiger partial charge in [0.2, 0.25) is 0 Å². The summed E-state index contributed by atoms with van der Waals surface area (Å²) >= 11 is 0. The Morgan fingerprint density at radius 3 is 2.33 bits per heavy atom. The summed E-state index contributed by atoms with van der Waals surface area (Å²) in [6, 6.07) is 7.12. The van der Waals surface area contributed by atoms with Gasteiger partial charge in [-0.2, -0.15) is 0 Å². The van der Waals surface area contributed by atoms with E-state index in [4.69, 9.17) is 9.26 Å². The second-order valence-electron chi connectivity index (χ2n) is 6.08. The Kier molecular flexibility index (Phi) is 4.83. The molecule has 0 spiro atoms. The lowest BCUT2D eigenvalue weighted by Crippen LogP contribution is -2.27. The summed E-state index contributed by atoms with van der Waals surface area (Å²) < 4.78 is 36.7. The van der Waals surface area contributed by atoms with Gasteiger partial charge in [0.05, 0.1) is 4.90 Å². The van der Waals surface area contributed by atoms with Crippen LogP contribution in [0.1, 0.15) is 26.5 Å². The minimum absolute atomic E-state index is 0.0258. The van der Waals surface area contributed by atoms with Crippen molar-refractivity contribution in [1.82, 2.24) is 5.16 Å². The lowest BCUT2D eigenvalue weighted by Gasteiger charge is -2.19. The minimum atomic E-state index is -3.79. The van der Waals surface area contributed by atoms with Crippen molar-refractivity contribution in [2.24, 2.45) is 0 Å². The molecule has 0 aliphatic carbocycles. The van der Waals surface area contributed by atoms with E-state index in [0.29, 0.717) is 11.4 Å². The number of aromatic nitrogens is 1. The van der Waals surface area contributed by atoms with Crippen molar-refractivity contribution in [2.45, 2.75) is 38.2 Å². The van der Waals surface area contributed by atoms with Crippen LogP contribution in [0.3, 0.4) is 0 Å². The Bertz CT molecular complexity index is 820. The summed E-state index contributed by atoms with van der Waals surface area (Å²) in [5, 5.41) is 6.11. The molecule has 2 aromatic rings. The van der Waals surface area contributed by atoms with Crippen LogP contribution in [0, 0.1) is 6.92 Å². The number of hydrogen-bond acceptors (Lipinski definition) is 6. The van der Waals surface area contributed by atoms with Gasteiger partial charge in [-0.05, 0) is 52.0 Å². The van der Waals surface area contributed by atoms with E-state index in [2.05, 4.69) is 15.2 Å². The van der Waals surface area contributed by atoms with Crippen LogP contribution < -0.4 is 10.0 Å². The van der Waals surface area contributed by atoms with Gasteiger partial charge in [0, 0.05) is 11.8 Å². The molecule has 1 amide bonds. The zero-order chi connectivity index (χ0) is 18.0. The number of hydrogen-bond donors (Lipinski definition) is 2. The fourth-order valence-corrected chi connectivity index (χ4v) is 2.73. The van der Waals surface area contributed by atoms with Crippen LogP contribution in [0.5, 0.6) is 0 Å². The number of ether oxygens (including phenoxy) is 1. The normalized spacial score (nSPS) is 11.8. The fraction of sp³-hybridized carbons (Fsp3) is 0.333. The molecule has 8 nitrogen and oxygen atoms in total. The summed E-state index contributed by atoms with van der Waals surface area (Å²) in [6.45, 7) is 6.90. The van der Waals surface area contributed by atoms with Crippen LogP contribution in [-0.2, 0) is 14.8 Å². The second-order valence-corrected chi connectivity index (χ2v) is 7.76. The number of amides is 1. The number of nitrogens with zero attached hydrogens (tertiary/aromatic N) is 1. The van der Waals surface area contributed by atoms with Gasteiger partial charge in [0.1, 0.15) is 11.4 Å². The van der Waals surface area contributed by atoms with Crippen molar-refractivity contribution in [3.8, 4) is 0 Å². The molecule has 130 valence electrons. The maximum Gasteiger partial charge on any atom is 0.412 e. The molecule has 1 aromatic heterocycles. The van der Waals surface area contributed by atoms with E-state index in [0.717, 1.165) is 0 Å². The van der Waals surface area contributed by atoms with Crippen LogP contribution in [0.25, 0.3) is 0 Å². The van der Waals surface area contributed by atoms with Crippen molar-refractivity contribution in [2.75, 3.05) is 10.0 Å². The first-order valence-electron chi connectivity index (χ1n) is 7.11. The van der Waals surface area contributed by atoms with Crippen molar-refractivity contribution in [1.29, 1.82) is 0 Å². The second kappa shape index (κ2) is 6.52. The largest absolute Gasteiger partial charge is 0.444 e. The molecule has 0 unspecified atom stereocenters. The minimum Gasteiger partial charge on any atom is -0.444 e. The molecule has 2 rings (SSSR count). The van der Waals surface area contributed by atoms with E-state index < -0.39 is 21.7 Å². The smallest absolute Gasteiger partial charge is 0.412 e. The SMILES string of the molecule is Cc1cc(NS(=O)(=O)c2ccc(NC(=O)OC(C)(C)C)cc2)no1. The third-order valence-corrected chi connectivity index (χ3v) is 4.05. The summed E-state index contributed by atoms with van der Waals surface area (Å²) in [5.74, 6) is 0.591. The number of sulfonamides is 1. The first kappa shape index (κ1) is 17.8. The third-order valence-electron chi connectivity index (χ3n) is 2.68. The highest BCUT2D eigenvalue weighted by atomic mass is 32.2. The molecule has 0 aliphatic heterocycles. The van der Waals surface area contributed by atoms with Gasteiger partial charge < -0.3 is 9.26 Å². The Hall–Kier alpha value is -2.55. The Balaban J connectivity index is 2.07. The van der Waals surface area contributed by atoms with E-state index in [-0.39, 0.29) is 10.7 Å². The predicted molar refractivity (Wildman–Crippen MR) is 88.3 cm³/mol. The molecule has 0 fully saturated rings. The van der Waals surface area contributed by atoms with E-state index in [9.17, 15) is 13.2 Å². The van der Waals surface area contributed by atoms with Crippen LogP contribution >= 0.6 is 0 Å². The van der Waals surface area contributed by atoms with Crippen molar-refractivity contribution in [3.63, 3.8) is 0 Å². The highest BCUT2D eigenvalue weighted by molar-refractivity contribution is 7.92. The number of benzene rings is 1. The van der Waals surface area contributed by atoms with Crippen molar-refractivity contribution in [3.05, 3.63) is 36.1 Å². The maximum atomic E-state index is 12.2. The Morgan fingerprint density at radius 2 is 1.83 bits per heavy atom. The maximum absolute atomic E-state index is 12.2. The van der Waals surface area contributed by atoms with E-state index in [1.807, 2.05) is 0 Å². The molecule has 0 saturated carbocycles. The van der Waals surface area contributed by atoms with Gasteiger partial charge in [0.15, 0.2) is 5.82 Å². The van der Waals surface area contributed by atoms with Crippen LogP contribution in [0.4, 0.5) is 16.3 Å². The van der Waals surface area contributed by atoms with Crippen LogP contribution in [0.2, 0.25) is 0 Å². The number of carbonyl (C=O) groups is 1. The summed E-state index contributed by atoms with van der Waals surface area (Å²) in [4.78, 5) is 11.7. The molecule has 1 aromatic carbocycles. The quantitative estimate of drug-likeness (QED) is 0.873. The molecule has 1 heterocycles. The monoisotopic (exact) mass is 353 g/mol. The van der Waals surface area contributed by atoms with Gasteiger partial charge in [-0.25, -0.2) is 13.2 Å². The number of carbonyl (C=O) groups excluding carboxylic acids is 1. The van der Waals surface area contributed by atoms with Crippen LogP contribution in [-0.4, -0.2) is 25.3 Å². The molecular formula is C15H19N3O5S. The first-order chi connectivity index (χ1) is 11.0. The molecule has 2 N–H and O–H groups in total. The van der Waals surface area contributed by atoms with Gasteiger partial charge in [-0.15, -0.1) is 0 Å². The Morgan fingerprint density at radius 1 is 1.21 bits per heavy atom. The van der Waals surface area contributed by atoms with Gasteiger partial charge in [0.25, 0.3) is 10.0 Å². The average molecular weight is 353 g/mol. The zero-order valence-corrected chi connectivity index (χ0v) is 14.6. The molecule has 0 bridgehead atoms. The standard InChI is InChI=1S/C15H19N3O5S/c1-10-9-13(17-23-10)18-24(20,21)12-7-5-11(6-8-12)16-14(19)22-15(2,3)4/h5-9H,1-4H3,(H,16,19)(H,17,18). The molecule has 24 heavy (non-hydrogen) atoms. The van der Waals surface area contributed by atoms with Crippen LogP contribution in [0.15, 0.2) is 39.8 Å². The van der Waals surface area contributed by atoms with E-state index >= 15 is 0 Å². The molecule has 0 radical (unpaired) electrons. The molecule has 9 heteroatoms. The number of anilines is 2. The molecular weight excluding hydrogens is 334 g/mol. The predicted octanol–water partition coefficient (Wildman–Crippen LogP) is 3.13.